The molecule has 2 aliphatic rings. The molecule has 7 heteroatoms. The molecule has 1 heterocycles. The molecule has 1 aromatic carbocycles. The largest absolute Gasteiger partial charge is 0.493 e. The first-order valence-corrected chi connectivity index (χ1v) is 9.51. The van der Waals surface area contributed by atoms with Crippen LogP contribution >= 0.6 is 23.8 Å². The Hall–Kier alpha value is -1.79. The molecule has 1 aromatic rings. The number of likely N-dealkylation sites (N-methyl/N-ethyl adjacent to an activating group) is 1. The number of rotatable bonds is 4. The molecule has 0 N–H and O–H groups in total. The summed E-state index contributed by atoms with van der Waals surface area (Å²) in [7, 11) is 4.94. The molecule has 1 aliphatic heterocycles. The Kier molecular flexibility index (Phi) is 5.73. The third kappa shape index (κ3) is 3.40. The second kappa shape index (κ2) is 7.84. The van der Waals surface area contributed by atoms with E-state index in [1.54, 1.807) is 42.2 Å². The average molecular weight is 395 g/mol. The van der Waals surface area contributed by atoms with Gasteiger partial charge in [-0.05, 0) is 42.8 Å². The van der Waals surface area contributed by atoms with Crippen molar-refractivity contribution in [2.75, 3.05) is 21.3 Å². The van der Waals surface area contributed by atoms with Crippen LogP contribution in [0, 0.1) is 0 Å². The van der Waals surface area contributed by atoms with Gasteiger partial charge < -0.3 is 14.4 Å². The van der Waals surface area contributed by atoms with Crippen LogP contribution in [0.3, 0.4) is 0 Å². The number of thiocarbonyl (C=S) groups is 1. The number of hydrogen-bond donors (Lipinski definition) is 0. The maximum Gasteiger partial charge on any atom is 0.277 e. The molecule has 0 atom stereocenters. The summed E-state index contributed by atoms with van der Waals surface area (Å²) in [5.41, 5.74) is 1.21. The quantitative estimate of drug-likeness (QED) is 0.568. The Balaban J connectivity index is 1.95. The zero-order valence-corrected chi connectivity index (χ0v) is 16.8. The van der Waals surface area contributed by atoms with E-state index in [1.807, 2.05) is 7.05 Å². The van der Waals surface area contributed by atoms with E-state index in [2.05, 4.69) is 0 Å². The van der Waals surface area contributed by atoms with Crippen LogP contribution in [-0.4, -0.2) is 48.1 Å². The van der Waals surface area contributed by atoms with E-state index in [1.165, 1.54) is 6.42 Å². The lowest BCUT2D eigenvalue weighted by atomic mass is 9.94. The van der Waals surface area contributed by atoms with Crippen LogP contribution in [0.5, 0.6) is 11.5 Å². The van der Waals surface area contributed by atoms with Crippen molar-refractivity contribution in [2.24, 2.45) is 0 Å². The van der Waals surface area contributed by atoms with Crippen molar-refractivity contribution in [3.05, 3.63) is 28.4 Å². The second-order valence-electron chi connectivity index (χ2n) is 6.57. The van der Waals surface area contributed by atoms with Crippen LogP contribution in [0.15, 0.2) is 17.8 Å². The van der Waals surface area contributed by atoms with Crippen molar-refractivity contribution in [1.82, 2.24) is 9.80 Å². The zero-order valence-electron chi connectivity index (χ0n) is 15.3. The van der Waals surface area contributed by atoms with E-state index in [9.17, 15) is 4.79 Å². The van der Waals surface area contributed by atoms with Gasteiger partial charge in [-0.25, -0.2) is 0 Å². The van der Waals surface area contributed by atoms with Crippen molar-refractivity contribution in [2.45, 2.75) is 38.1 Å². The Labute approximate surface area is 164 Å². The van der Waals surface area contributed by atoms with Gasteiger partial charge in [0, 0.05) is 19.2 Å². The van der Waals surface area contributed by atoms with Gasteiger partial charge in [0.25, 0.3) is 5.91 Å². The Morgan fingerprint density at radius 2 is 1.77 bits per heavy atom. The molecule has 3 rings (SSSR count). The fourth-order valence-corrected chi connectivity index (χ4v) is 4.10. The number of nitrogens with zero attached hydrogens (tertiary/aromatic N) is 2. The lowest BCUT2D eigenvalue weighted by Gasteiger charge is -2.30. The highest BCUT2D eigenvalue weighted by Crippen LogP contribution is 2.36. The van der Waals surface area contributed by atoms with Crippen LogP contribution in [0.1, 0.15) is 37.7 Å². The lowest BCUT2D eigenvalue weighted by molar-refractivity contribution is -0.124. The van der Waals surface area contributed by atoms with Crippen molar-refractivity contribution >= 4 is 40.9 Å². The molecule has 0 unspecified atom stereocenters. The third-order valence-corrected chi connectivity index (χ3v) is 5.83. The minimum absolute atomic E-state index is 0.0600. The van der Waals surface area contributed by atoms with Crippen LogP contribution in [0.4, 0.5) is 0 Å². The SMILES string of the molecule is COc1cc(Cl)c(/C=C2/C(=O)N(C3CCCCC3)C(=S)N2C)cc1OC. The molecular formula is C19H23ClN2O3S. The van der Waals surface area contributed by atoms with Gasteiger partial charge in [-0.15, -0.1) is 0 Å². The molecule has 0 spiro atoms. The first-order valence-electron chi connectivity index (χ1n) is 8.72. The molecule has 0 aromatic heterocycles. The first-order chi connectivity index (χ1) is 12.5. The number of halogens is 1. The van der Waals surface area contributed by atoms with E-state index in [0.29, 0.717) is 32.9 Å². The number of hydrogen-bond acceptors (Lipinski definition) is 4. The fraction of sp³-hybridized carbons (Fsp3) is 0.474. The molecule has 5 nitrogen and oxygen atoms in total. The molecular weight excluding hydrogens is 372 g/mol. The second-order valence-corrected chi connectivity index (χ2v) is 7.34. The number of carbonyl (C=O) groups is 1. The number of carbonyl (C=O) groups excluding carboxylic acids is 1. The van der Waals surface area contributed by atoms with Crippen LogP contribution in [0.2, 0.25) is 5.02 Å². The highest BCUT2D eigenvalue weighted by atomic mass is 35.5. The highest BCUT2D eigenvalue weighted by Gasteiger charge is 2.40. The van der Waals surface area contributed by atoms with Gasteiger partial charge >= 0.3 is 0 Å². The predicted molar refractivity (Wildman–Crippen MR) is 107 cm³/mol. The molecule has 0 bridgehead atoms. The van der Waals surface area contributed by atoms with E-state index in [4.69, 9.17) is 33.3 Å². The van der Waals surface area contributed by atoms with Gasteiger partial charge in [-0.2, -0.15) is 0 Å². The van der Waals surface area contributed by atoms with E-state index in [0.717, 1.165) is 25.7 Å². The van der Waals surface area contributed by atoms with Crippen molar-refractivity contribution in [1.29, 1.82) is 0 Å². The summed E-state index contributed by atoms with van der Waals surface area (Å²) in [6.45, 7) is 0. The van der Waals surface area contributed by atoms with Gasteiger partial charge in [0.1, 0.15) is 5.70 Å². The third-order valence-electron chi connectivity index (χ3n) is 5.03. The maximum absolute atomic E-state index is 13.0. The minimum atomic E-state index is -0.0600. The molecule has 0 radical (unpaired) electrons. The number of ether oxygens (including phenoxy) is 2. The van der Waals surface area contributed by atoms with Gasteiger partial charge in [0.2, 0.25) is 0 Å². The molecule has 140 valence electrons. The standard InChI is InChI=1S/C19H23ClN2O3S/c1-21-15(9-12-10-16(24-2)17(25-3)11-14(12)20)18(23)22(19(21)26)13-7-5-4-6-8-13/h9-11,13H,4-8H2,1-3H3/b15-9-. The first kappa shape index (κ1) is 19.0. The minimum Gasteiger partial charge on any atom is -0.493 e. The summed E-state index contributed by atoms with van der Waals surface area (Å²) < 4.78 is 10.6. The van der Waals surface area contributed by atoms with Crippen LogP contribution in [-0.2, 0) is 4.79 Å². The summed E-state index contributed by atoms with van der Waals surface area (Å²) in [6, 6.07) is 3.64. The van der Waals surface area contributed by atoms with Crippen LogP contribution in [0.25, 0.3) is 6.08 Å². The predicted octanol–water partition coefficient (Wildman–Crippen LogP) is 4.09. The highest BCUT2D eigenvalue weighted by molar-refractivity contribution is 7.80. The summed E-state index contributed by atoms with van der Waals surface area (Å²) in [5, 5.41) is 1.04. The van der Waals surface area contributed by atoms with Crippen molar-refractivity contribution in [3.8, 4) is 11.5 Å². The maximum atomic E-state index is 13.0. The fourth-order valence-electron chi connectivity index (χ4n) is 3.57. The molecule has 1 aliphatic carbocycles. The monoisotopic (exact) mass is 394 g/mol. The van der Waals surface area contributed by atoms with Crippen LogP contribution < -0.4 is 9.47 Å². The Bertz CT molecular complexity index is 759. The summed E-state index contributed by atoms with van der Waals surface area (Å²) in [5.74, 6) is 1.05. The normalized spacial score (nSPS) is 20.2. The average Bonchev–Trinajstić information content (AvgIpc) is 2.86. The van der Waals surface area contributed by atoms with E-state index in [-0.39, 0.29) is 11.9 Å². The van der Waals surface area contributed by atoms with Gasteiger partial charge in [-0.1, -0.05) is 30.9 Å². The molecule has 1 amide bonds. The summed E-state index contributed by atoms with van der Waals surface area (Å²) >= 11 is 11.9. The number of amides is 1. The number of benzene rings is 1. The number of methoxy groups -OCH3 is 2. The van der Waals surface area contributed by atoms with Crippen molar-refractivity contribution < 1.29 is 14.3 Å². The summed E-state index contributed by atoms with van der Waals surface area (Å²) in [4.78, 5) is 16.6. The van der Waals surface area contributed by atoms with Crippen molar-refractivity contribution in [3.63, 3.8) is 0 Å². The topological polar surface area (TPSA) is 42.0 Å². The van der Waals surface area contributed by atoms with Gasteiger partial charge in [0.05, 0.1) is 19.2 Å². The smallest absolute Gasteiger partial charge is 0.277 e. The Morgan fingerprint density at radius 1 is 1.15 bits per heavy atom. The van der Waals surface area contributed by atoms with Gasteiger partial charge in [-0.3, -0.25) is 9.69 Å². The molecule has 2 fully saturated rings. The molecule has 26 heavy (non-hydrogen) atoms. The Morgan fingerprint density at radius 3 is 2.38 bits per heavy atom. The zero-order chi connectivity index (χ0) is 18.8. The van der Waals surface area contributed by atoms with Gasteiger partial charge in [0.15, 0.2) is 16.6 Å². The van der Waals surface area contributed by atoms with E-state index >= 15 is 0 Å². The van der Waals surface area contributed by atoms with E-state index < -0.39 is 0 Å². The molecule has 1 saturated heterocycles. The summed E-state index contributed by atoms with van der Waals surface area (Å²) in [6.07, 6.45) is 7.28. The molecule has 1 saturated carbocycles. The lowest BCUT2D eigenvalue weighted by Crippen LogP contribution is -2.41.